The van der Waals surface area contributed by atoms with Crippen LogP contribution in [0.15, 0.2) is 31.6 Å². The Bertz CT molecular complexity index is 944. The number of Topliss-reactive ketones (excluding diaryl/α,β-unsaturated/α-hetero) is 1. The predicted molar refractivity (Wildman–Crippen MR) is 149 cm³/mol. The van der Waals surface area contributed by atoms with Crippen molar-refractivity contribution in [3.63, 3.8) is 0 Å². The Kier molecular flexibility index (Phi) is 10.2. The second-order valence-corrected chi connectivity index (χ2v) is 12.0. The molecule has 4 aliphatic rings. The summed E-state index contributed by atoms with van der Waals surface area (Å²) >= 11 is 0. The molecule has 4 fully saturated rings. The van der Waals surface area contributed by atoms with E-state index in [0.717, 1.165) is 64.2 Å². The molecule has 6 nitrogen and oxygen atoms in total. The van der Waals surface area contributed by atoms with Gasteiger partial charge in [-0.3, -0.25) is 9.59 Å². The van der Waals surface area contributed by atoms with Crippen LogP contribution in [0.5, 0.6) is 0 Å². The van der Waals surface area contributed by atoms with Crippen molar-refractivity contribution < 1.29 is 9.59 Å². The molecule has 0 aromatic carbocycles. The van der Waals surface area contributed by atoms with Crippen LogP contribution in [-0.4, -0.2) is 46.7 Å². The Morgan fingerprint density at radius 2 is 1.03 bits per heavy atom. The smallest absolute Gasteiger partial charge is 0.187 e. The number of carbonyl (C=O) groups excluding carboxylic acids is 2. The van der Waals surface area contributed by atoms with Gasteiger partial charge in [0, 0.05) is 0 Å². The second-order valence-electron chi connectivity index (χ2n) is 12.0. The van der Waals surface area contributed by atoms with Crippen molar-refractivity contribution in [3.8, 4) is 0 Å². The maximum absolute atomic E-state index is 13.8. The van der Waals surface area contributed by atoms with Crippen LogP contribution in [0.3, 0.4) is 0 Å². The maximum Gasteiger partial charge on any atom is 0.187 e. The molecule has 202 valence electrons. The highest BCUT2D eigenvalue weighted by Gasteiger charge is 2.42. The van der Waals surface area contributed by atoms with Crippen LogP contribution in [0.25, 0.3) is 0 Å². The van der Waals surface area contributed by atoms with E-state index in [1.165, 1.54) is 38.5 Å². The molecule has 4 rings (SSSR count). The van der Waals surface area contributed by atoms with E-state index in [4.69, 9.17) is 4.99 Å². The number of nitrogens with zero attached hydrogens (tertiary/aromatic N) is 4. The number of hydrogen-bond acceptors (Lipinski definition) is 6. The van der Waals surface area contributed by atoms with Gasteiger partial charge in [0.15, 0.2) is 11.6 Å². The van der Waals surface area contributed by atoms with E-state index in [-0.39, 0.29) is 23.7 Å². The highest BCUT2D eigenvalue weighted by Crippen LogP contribution is 2.36. The van der Waals surface area contributed by atoms with Gasteiger partial charge in [-0.25, -0.2) is 20.0 Å². The molecule has 0 aromatic rings. The van der Waals surface area contributed by atoms with E-state index in [1.807, 2.05) is 0 Å². The van der Waals surface area contributed by atoms with Gasteiger partial charge in [0.1, 0.15) is 11.1 Å². The van der Waals surface area contributed by atoms with Crippen molar-refractivity contribution in [3.05, 3.63) is 11.6 Å². The molecule has 0 N–H and O–H groups in total. The fourth-order valence-corrected chi connectivity index (χ4v) is 6.67. The topological polar surface area (TPSA) is 83.6 Å². The molecule has 0 unspecified atom stereocenters. The number of ketones is 2. The zero-order chi connectivity index (χ0) is 26.0. The summed E-state index contributed by atoms with van der Waals surface area (Å²) in [6.45, 7) is 1.78. The van der Waals surface area contributed by atoms with Crippen LogP contribution in [0, 0.1) is 0 Å². The maximum atomic E-state index is 13.8. The number of hydrogen-bond donors (Lipinski definition) is 0. The van der Waals surface area contributed by atoms with Crippen molar-refractivity contribution in [1.29, 1.82) is 0 Å². The van der Waals surface area contributed by atoms with E-state index in [0.29, 0.717) is 31.3 Å². The molecule has 0 aromatic heterocycles. The first-order chi connectivity index (χ1) is 18.0. The first-order valence-electron chi connectivity index (χ1n) is 15.1. The van der Waals surface area contributed by atoms with Gasteiger partial charge >= 0.3 is 0 Å². The van der Waals surface area contributed by atoms with Crippen molar-refractivity contribution in [2.75, 3.05) is 0 Å². The Balaban J connectivity index is 1.53. The van der Waals surface area contributed by atoms with Crippen LogP contribution in [0.2, 0.25) is 0 Å². The molecule has 4 saturated carbocycles. The van der Waals surface area contributed by atoms with Gasteiger partial charge in [0.05, 0.1) is 24.1 Å². The molecule has 0 bridgehead atoms. The van der Waals surface area contributed by atoms with Gasteiger partial charge in [0.25, 0.3) is 0 Å². The molecule has 4 aliphatic carbocycles. The van der Waals surface area contributed by atoms with Gasteiger partial charge < -0.3 is 0 Å². The predicted octanol–water partition coefficient (Wildman–Crippen LogP) is 7.49. The summed E-state index contributed by atoms with van der Waals surface area (Å²) in [5.74, 6) is -0.118. The summed E-state index contributed by atoms with van der Waals surface area (Å²) < 4.78 is 0. The molecular weight excluding hydrogens is 460 g/mol. The highest BCUT2D eigenvalue weighted by molar-refractivity contribution is 6.09. The zero-order valence-corrected chi connectivity index (χ0v) is 23.0. The highest BCUT2D eigenvalue weighted by atomic mass is 16.1. The van der Waals surface area contributed by atoms with E-state index < -0.39 is 11.1 Å². The van der Waals surface area contributed by atoms with E-state index in [2.05, 4.69) is 27.0 Å². The lowest BCUT2D eigenvalue weighted by Gasteiger charge is -2.32. The standard InChI is InChI=1S/C31H46N4O2/c1-25(29(37)31(20-12-5-13-21-31)35-24-33-27-16-8-3-9-17-27)22-28(36)30(18-10-4-11-19-30)34-23-32-26-14-6-2-7-15-26/h22,26-27H,2-21H2,1H3/b25-22-. The number of rotatable bonds is 8. The number of aliphatic imine (C=N–C) groups is 4. The monoisotopic (exact) mass is 506 g/mol. The van der Waals surface area contributed by atoms with Gasteiger partial charge in [0.2, 0.25) is 0 Å². The molecule has 0 atom stereocenters. The van der Waals surface area contributed by atoms with Gasteiger partial charge in [-0.2, -0.15) is 0 Å². The minimum Gasteiger partial charge on any atom is -0.292 e. The normalized spacial score (nSPS) is 24.7. The molecule has 6 heteroatoms. The Labute approximate surface area is 223 Å². The quantitative estimate of drug-likeness (QED) is 0.252. The summed E-state index contributed by atoms with van der Waals surface area (Å²) in [7, 11) is 0. The first-order valence-corrected chi connectivity index (χ1v) is 15.1. The third-order valence-electron chi connectivity index (χ3n) is 9.11. The molecule has 0 amide bonds. The lowest BCUT2D eigenvalue weighted by atomic mass is 9.75. The van der Waals surface area contributed by atoms with Crippen molar-refractivity contribution in [1.82, 2.24) is 0 Å². The molecular formula is C31H46N4O2. The zero-order valence-electron chi connectivity index (χ0n) is 23.0. The average molecular weight is 507 g/mol. The lowest BCUT2D eigenvalue weighted by Crippen LogP contribution is -2.41. The lowest BCUT2D eigenvalue weighted by molar-refractivity contribution is -0.123. The summed E-state index contributed by atoms with van der Waals surface area (Å²) in [5.41, 5.74) is -1.17. The van der Waals surface area contributed by atoms with Crippen molar-refractivity contribution in [2.45, 2.75) is 159 Å². The first kappa shape index (κ1) is 27.9. The Morgan fingerprint density at radius 1 is 0.622 bits per heavy atom. The molecule has 0 aliphatic heterocycles. The third-order valence-corrected chi connectivity index (χ3v) is 9.11. The minimum absolute atomic E-state index is 0.0438. The van der Waals surface area contributed by atoms with E-state index >= 15 is 0 Å². The molecule has 0 heterocycles. The fourth-order valence-electron chi connectivity index (χ4n) is 6.67. The van der Waals surface area contributed by atoms with Crippen LogP contribution < -0.4 is 0 Å². The molecule has 0 radical (unpaired) electrons. The summed E-state index contributed by atoms with van der Waals surface area (Å²) in [4.78, 5) is 46.0. The van der Waals surface area contributed by atoms with Crippen LogP contribution in [0.1, 0.15) is 135 Å². The molecule has 37 heavy (non-hydrogen) atoms. The van der Waals surface area contributed by atoms with Gasteiger partial charge in [-0.05, 0) is 69.9 Å². The summed E-state index contributed by atoms with van der Waals surface area (Å²) in [6, 6.07) is 6.48. The SMILES string of the molecule is C/C(=C/C(=O)C1(N=C=NC2CCCCC2)CCCCC1)C(=O)C1(N=C=NC2CCCCC2)CCCCC1. The minimum atomic E-state index is -0.831. The van der Waals surface area contributed by atoms with Crippen LogP contribution in [0.4, 0.5) is 0 Å². The largest absolute Gasteiger partial charge is 0.292 e. The van der Waals surface area contributed by atoms with E-state index in [9.17, 15) is 9.59 Å². The summed E-state index contributed by atoms with van der Waals surface area (Å²) in [5, 5.41) is 0. The molecule has 0 spiro atoms. The second kappa shape index (κ2) is 13.6. The van der Waals surface area contributed by atoms with Crippen LogP contribution in [-0.2, 0) is 9.59 Å². The average Bonchev–Trinajstić information content (AvgIpc) is 2.95. The molecule has 0 saturated heterocycles. The van der Waals surface area contributed by atoms with Crippen molar-refractivity contribution in [2.24, 2.45) is 20.0 Å². The third kappa shape index (κ3) is 7.45. The Morgan fingerprint density at radius 3 is 1.51 bits per heavy atom. The Hall–Kier alpha value is -2.16. The van der Waals surface area contributed by atoms with Gasteiger partial charge in [-0.1, -0.05) is 77.0 Å². The number of carbonyl (C=O) groups is 2. The van der Waals surface area contributed by atoms with Crippen molar-refractivity contribution >= 4 is 23.6 Å². The van der Waals surface area contributed by atoms with E-state index in [1.54, 1.807) is 13.0 Å². The van der Waals surface area contributed by atoms with Gasteiger partial charge in [-0.15, -0.1) is 0 Å². The summed E-state index contributed by atoms with van der Waals surface area (Å²) in [6.07, 6.45) is 22.2. The van der Waals surface area contributed by atoms with Crippen LogP contribution >= 0.6 is 0 Å². The fraction of sp³-hybridized carbons (Fsp3) is 0.806.